The van der Waals surface area contributed by atoms with Crippen molar-refractivity contribution in [2.24, 2.45) is 0 Å². The number of aliphatic hydroxyl groups excluding tert-OH is 1. The van der Waals surface area contributed by atoms with Gasteiger partial charge in [-0.25, -0.2) is 0 Å². The molecular weight excluding hydrogens is 262 g/mol. The number of carbonyl (C=O) groups excluding carboxylic acids is 1. The topological polar surface area (TPSA) is 49.8 Å². The summed E-state index contributed by atoms with van der Waals surface area (Å²) in [4.78, 5) is 14.8. The summed E-state index contributed by atoms with van der Waals surface area (Å²) in [6.45, 7) is 2.49. The average molecular weight is 279 g/mol. The van der Waals surface area contributed by atoms with Crippen LogP contribution in [0.4, 0.5) is 0 Å². The van der Waals surface area contributed by atoms with Gasteiger partial charge in [0.2, 0.25) is 0 Å². The second kappa shape index (κ2) is 6.20. The van der Waals surface area contributed by atoms with Crippen molar-refractivity contribution in [3.05, 3.63) is 21.9 Å². The summed E-state index contributed by atoms with van der Waals surface area (Å²) in [5.41, 5.74) is 0.683. The van der Waals surface area contributed by atoms with Crippen molar-refractivity contribution < 1.29 is 14.6 Å². The van der Waals surface area contributed by atoms with Gasteiger partial charge in [0.1, 0.15) is 11.5 Å². The van der Waals surface area contributed by atoms with Gasteiger partial charge >= 0.3 is 0 Å². The molecule has 1 saturated heterocycles. The van der Waals surface area contributed by atoms with Crippen LogP contribution in [0.15, 0.2) is 11.4 Å². The summed E-state index contributed by atoms with van der Waals surface area (Å²) >= 11 is 1.38. The predicted octanol–water partition coefficient (Wildman–Crippen LogP) is 1.34. The van der Waals surface area contributed by atoms with Gasteiger partial charge in [-0.3, -0.25) is 4.79 Å². The summed E-state index contributed by atoms with van der Waals surface area (Å²) in [5, 5.41) is 10.6. The van der Waals surface area contributed by atoms with E-state index >= 15 is 0 Å². The lowest BCUT2D eigenvalue weighted by molar-refractivity contribution is 0.0578. The molecule has 19 heavy (non-hydrogen) atoms. The number of amides is 1. The van der Waals surface area contributed by atoms with Crippen LogP contribution >= 0.6 is 11.3 Å². The highest BCUT2D eigenvalue weighted by molar-refractivity contribution is 7.12. The summed E-state index contributed by atoms with van der Waals surface area (Å²) in [6.07, 6.45) is 0.938. The highest BCUT2D eigenvalue weighted by Crippen LogP contribution is 2.23. The molecule has 1 fully saturated rings. The maximum atomic E-state index is 12.5. The summed E-state index contributed by atoms with van der Waals surface area (Å²) < 4.78 is 5.50. The summed E-state index contributed by atoms with van der Waals surface area (Å²) in [5.74, 6) is 5.36. The Balaban J connectivity index is 2.17. The fourth-order valence-electron chi connectivity index (χ4n) is 2.25. The van der Waals surface area contributed by atoms with Gasteiger partial charge < -0.3 is 14.7 Å². The summed E-state index contributed by atoms with van der Waals surface area (Å²) in [6, 6.07) is 1.93. The lowest BCUT2D eigenvalue weighted by atomic mass is 10.1. The third-order valence-corrected chi connectivity index (χ3v) is 4.22. The van der Waals surface area contributed by atoms with Crippen molar-refractivity contribution in [1.29, 1.82) is 0 Å². The van der Waals surface area contributed by atoms with Crippen molar-refractivity contribution in [3.63, 3.8) is 0 Å². The molecule has 0 spiro atoms. The van der Waals surface area contributed by atoms with Gasteiger partial charge in [-0.15, -0.1) is 11.3 Å². The second-order valence-corrected chi connectivity index (χ2v) is 5.39. The first kappa shape index (κ1) is 14.1. The maximum Gasteiger partial charge on any atom is 0.265 e. The normalized spacial score (nSPS) is 21.8. The molecule has 1 aliphatic heterocycles. The van der Waals surface area contributed by atoms with Crippen LogP contribution in [0, 0.1) is 11.8 Å². The monoisotopic (exact) mass is 279 g/mol. The molecule has 5 heteroatoms. The zero-order valence-corrected chi connectivity index (χ0v) is 11.9. The van der Waals surface area contributed by atoms with Crippen LogP contribution in [-0.2, 0) is 4.74 Å². The second-order valence-electron chi connectivity index (χ2n) is 4.47. The minimum Gasteiger partial charge on any atom is -0.384 e. The molecule has 0 radical (unpaired) electrons. The Morgan fingerprint density at radius 3 is 3.11 bits per heavy atom. The molecule has 0 bridgehead atoms. The first-order valence-corrected chi connectivity index (χ1v) is 7.09. The number of carbonyl (C=O) groups is 1. The number of hydrogen-bond donors (Lipinski definition) is 1. The van der Waals surface area contributed by atoms with Crippen LogP contribution in [0.3, 0.4) is 0 Å². The van der Waals surface area contributed by atoms with E-state index in [-0.39, 0.29) is 24.7 Å². The number of rotatable bonds is 2. The Morgan fingerprint density at radius 2 is 2.47 bits per heavy atom. The Hall–Kier alpha value is -1.35. The van der Waals surface area contributed by atoms with Crippen LogP contribution in [0.25, 0.3) is 0 Å². The van der Waals surface area contributed by atoms with Crippen molar-refractivity contribution >= 4 is 17.2 Å². The van der Waals surface area contributed by atoms with E-state index in [0.29, 0.717) is 17.0 Å². The van der Waals surface area contributed by atoms with Crippen molar-refractivity contribution in [1.82, 2.24) is 4.90 Å². The standard InChI is InChI=1S/C14H17NO3S/c1-10-12(5-8-18-10)15(2)14(17)13-11(4-3-7-16)6-9-19-13/h6,9-10,12,16H,5,7-8H2,1-2H3. The molecule has 0 aliphatic carbocycles. The Bertz CT molecular complexity index is 514. The molecular formula is C14H17NO3S. The first-order valence-electron chi connectivity index (χ1n) is 6.21. The molecule has 2 rings (SSSR count). The van der Waals surface area contributed by atoms with Gasteiger partial charge in [0.15, 0.2) is 0 Å². The molecule has 0 saturated carbocycles. The van der Waals surface area contributed by atoms with E-state index in [4.69, 9.17) is 9.84 Å². The molecule has 2 atom stereocenters. The van der Waals surface area contributed by atoms with E-state index in [1.807, 2.05) is 18.4 Å². The molecule has 1 aromatic heterocycles. The molecule has 0 aromatic carbocycles. The van der Waals surface area contributed by atoms with E-state index in [1.165, 1.54) is 11.3 Å². The fourth-order valence-corrected chi connectivity index (χ4v) is 3.08. The molecule has 1 amide bonds. The highest BCUT2D eigenvalue weighted by atomic mass is 32.1. The molecule has 2 unspecified atom stereocenters. The Labute approximate surface area is 117 Å². The number of aliphatic hydroxyl groups is 1. The molecule has 2 heterocycles. The van der Waals surface area contributed by atoms with Gasteiger partial charge in [-0.1, -0.05) is 11.8 Å². The van der Waals surface area contributed by atoms with Crippen LogP contribution in [0.2, 0.25) is 0 Å². The van der Waals surface area contributed by atoms with Crippen molar-refractivity contribution in [2.75, 3.05) is 20.3 Å². The number of thiophene rings is 1. The molecule has 4 nitrogen and oxygen atoms in total. The predicted molar refractivity (Wildman–Crippen MR) is 74.2 cm³/mol. The third-order valence-electron chi connectivity index (χ3n) is 3.32. The van der Waals surface area contributed by atoms with E-state index in [2.05, 4.69) is 11.8 Å². The zero-order valence-electron chi connectivity index (χ0n) is 11.0. The van der Waals surface area contributed by atoms with E-state index in [9.17, 15) is 4.79 Å². The lowest BCUT2D eigenvalue weighted by Crippen LogP contribution is -2.40. The van der Waals surface area contributed by atoms with Crippen LogP contribution in [-0.4, -0.2) is 48.3 Å². The highest BCUT2D eigenvalue weighted by Gasteiger charge is 2.31. The van der Waals surface area contributed by atoms with Gasteiger partial charge in [0.25, 0.3) is 5.91 Å². The summed E-state index contributed by atoms with van der Waals surface area (Å²) in [7, 11) is 1.81. The van der Waals surface area contributed by atoms with E-state index in [0.717, 1.165) is 6.42 Å². The van der Waals surface area contributed by atoms with Gasteiger partial charge in [0, 0.05) is 19.2 Å². The number of nitrogens with zero attached hydrogens (tertiary/aromatic N) is 1. The van der Waals surface area contributed by atoms with Gasteiger partial charge in [-0.05, 0) is 24.8 Å². The average Bonchev–Trinajstić information content (AvgIpc) is 3.03. The number of likely N-dealkylation sites (N-methyl/N-ethyl adjacent to an activating group) is 1. The van der Waals surface area contributed by atoms with Crippen LogP contribution in [0.5, 0.6) is 0 Å². The number of ether oxygens (including phenoxy) is 1. The van der Waals surface area contributed by atoms with Gasteiger partial charge in [-0.2, -0.15) is 0 Å². The fraction of sp³-hybridized carbons (Fsp3) is 0.500. The Morgan fingerprint density at radius 1 is 1.68 bits per heavy atom. The van der Waals surface area contributed by atoms with Crippen LogP contribution < -0.4 is 0 Å². The maximum absolute atomic E-state index is 12.5. The Kier molecular flexibility index (Phi) is 4.59. The van der Waals surface area contributed by atoms with Crippen LogP contribution in [0.1, 0.15) is 28.6 Å². The third kappa shape index (κ3) is 2.98. The van der Waals surface area contributed by atoms with E-state index < -0.39 is 0 Å². The zero-order chi connectivity index (χ0) is 13.8. The SMILES string of the molecule is CC1OCCC1N(C)C(=O)c1sccc1C#CCO. The minimum absolute atomic E-state index is 0.0282. The largest absolute Gasteiger partial charge is 0.384 e. The molecule has 102 valence electrons. The lowest BCUT2D eigenvalue weighted by Gasteiger charge is -2.26. The molecule has 1 N–H and O–H groups in total. The minimum atomic E-state index is -0.202. The smallest absolute Gasteiger partial charge is 0.265 e. The van der Waals surface area contributed by atoms with E-state index in [1.54, 1.807) is 11.9 Å². The van der Waals surface area contributed by atoms with Crippen molar-refractivity contribution in [3.8, 4) is 11.8 Å². The number of hydrogen-bond acceptors (Lipinski definition) is 4. The first-order chi connectivity index (χ1) is 9.15. The van der Waals surface area contributed by atoms with Gasteiger partial charge in [0.05, 0.1) is 12.1 Å². The molecule has 1 aliphatic rings. The van der Waals surface area contributed by atoms with Crippen molar-refractivity contribution in [2.45, 2.75) is 25.5 Å². The molecule has 1 aromatic rings. The quantitative estimate of drug-likeness (QED) is 0.831.